The maximum Gasteiger partial charge on any atom is 0.227 e. The Kier molecular flexibility index (Phi) is 5.39. The van der Waals surface area contributed by atoms with E-state index in [1.54, 1.807) is 0 Å². The van der Waals surface area contributed by atoms with Gasteiger partial charge in [0.1, 0.15) is 0 Å². The minimum atomic E-state index is -0.231. The van der Waals surface area contributed by atoms with Crippen LogP contribution in [0.3, 0.4) is 0 Å². The summed E-state index contributed by atoms with van der Waals surface area (Å²) in [5.41, 5.74) is 5.03. The quantitative estimate of drug-likeness (QED) is 0.588. The Morgan fingerprint density at radius 3 is 2.52 bits per heavy atom. The van der Waals surface area contributed by atoms with E-state index in [2.05, 4.69) is 46.0 Å². The topological polar surface area (TPSA) is 49.4 Å². The lowest BCUT2D eigenvalue weighted by Gasteiger charge is -2.40. The molecule has 31 heavy (non-hydrogen) atoms. The summed E-state index contributed by atoms with van der Waals surface area (Å²) in [7, 11) is 0. The van der Waals surface area contributed by atoms with Gasteiger partial charge in [-0.1, -0.05) is 58.4 Å². The summed E-state index contributed by atoms with van der Waals surface area (Å²) in [6.07, 6.45) is 5.89. The fraction of sp³-hybridized carbons (Fsp3) is 0.556. The lowest BCUT2D eigenvalue weighted by atomic mass is 9.70. The van der Waals surface area contributed by atoms with Crippen LogP contribution in [0.4, 0.5) is 11.4 Å². The van der Waals surface area contributed by atoms with Gasteiger partial charge >= 0.3 is 0 Å². The van der Waals surface area contributed by atoms with Gasteiger partial charge in [0.2, 0.25) is 5.91 Å². The van der Waals surface area contributed by atoms with Crippen molar-refractivity contribution in [1.82, 2.24) is 0 Å². The molecule has 0 spiro atoms. The van der Waals surface area contributed by atoms with Gasteiger partial charge in [0.15, 0.2) is 5.78 Å². The second kappa shape index (κ2) is 7.65. The molecule has 4 heteroatoms. The van der Waals surface area contributed by atoms with E-state index >= 15 is 0 Å². The zero-order valence-electron chi connectivity index (χ0n) is 19.8. The normalized spacial score (nSPS) is 26.6. The number of hydrogen-bond acceptors (Lipinski definition) is 3. The average Bonchev–Trinajstić information content (AvgIpc) is 2.86. The van der Waals surface area contributed by atoms with Crippen molar-refractivity contribution in [3.63, 3.8) is 0 Å². The Labute approximate surface area is 186 Å². The average molecular weight is 421 g/mol. The molecular formula is C27H36N2O2. The number of Topliss-reactive ketones (excluding diaryl/α,β-unsaturated/α-hetero) is 1. The van der Waals surface area contributed by atoms with Gasteiger partial charge in [-0.15, -0.1) is 0 Å². The van der Waals surface area contributed by atoms with Gasteiger partial charge in [-0.05, 0) is 55.1 Å². The summed E-state index contributed by atoms with van der Waals surface area (Å²) in [4.78, 5) is 28.9. The maximum absolute atomic E-state index is 13.6. The molecule has 166 valence electrons. The third kappa shape index (κ3) is 3.75. The fourth-order valence-corrected chi connectivity index (χ4v) is 5.64. The van der Waals surface area contributed by atoms with E-state index in [1.807, 2.05) is 36.1 Å². The molecule has 4 rings (SSSR count). The van der Waals surface area contributed by atoms with E-state index in [-0.39, 0.29) is 28.6 Å². The summed E-state index contributed by atoms with van der Waals surface area (Å²) in [5, 5.41) is 3.59. The standard InChI is InChI=1S/C27H36N2O2/c1-7-24(31)29-21-11-9-8-10-19(21)28-20-15-26(3,4)16-23(30)25(20)22(29)14-18-13-12-17(2)27(18,5)6/h8-12,18,22,28H,7,13-16H2,1-6H3/t18-,22+/m0/s1. The lowest BCUT2D eigenvalue weighted by molar-refractivity contribution is -0.119. The number of carbonyl (C=O) groups is 2. The van der Waals surface area contributed by atoms with Crippen LogP contribution in [0.1, 0.15) is 73.6 Å². The second-order valence-electron chi connectivity index (χ2n) is 10.9. The highest BCUT2D eigenvalue weighted by Gasteiger charge is 2.45. The van der Waals surface area contributed by atoms with E-state index in [0.717, 1.165) is 41.9 Å². The number of ketones is 1. The highest BCUT2D eigenvalue weighted by molar-refractivity contribution is 6.06. The van der Waals surface area contributed by atoms with Crippen LogP contribution >= 0.6 is 0 Å². The fourth-order valence-electron chi connectivity index (χ4n) is 5.64. The molecular weight excluding hydrogens is 384 g/mol. The van der Waals surface area contributed by atoms with E-state index in [1.165, 1.54) is 5.57 Å². The van der Waals surface area contributed by atoms with Gasteiger partial charge in [0, 0.05) is 24.1 Å². The third-order valence-electron chi connectivity index (χ3n) is 7.84. The molecule has 0 radical (unpaired) electrons. The van der Waals surface area contributed by atoms with Crippen LogP contribution < -0.4 is 10.2 Å². The van der Waals surface area contributed by atoms with Crippen molar-refractivity contribution in [2.75, 3.05) is 10.2 Å². The summed E-state index contributed by atoms with van der Waals surface area (Å²) >= 11 is 0. The van der Waals surface area contributed by atoms with Gasteiger partial charge in [0.25, 0.3) is 0 Å². The summed E-state index contributed by atoms with van der Waals surface area (Å²) in [5.74, 6) is 0.656. The highest BCUT2D eigenvalue weighted by Crippen LogP contribution is 2.50. The van der Waals surface area contributed by atoms with Crippen molar-refractivity contribution >= 4 is 23.1 Å². The minimum absolute atomic E-state index is 0.0674. The van der Waals surface area contributed by atoms with E-state index < -0.39 is 0 Å². The molecule has 0 saturated carbocycles. The smallest absolute Gasteiger partial charge is 0.227 e. The Hall–Kier alpha value is -2.36. The van der Waals surface area contributed by atoms with Gasteiger partial charge in [-0.25, -0.2) is 0 Å². The van der Waals surface area contributed by atoms with E-state index in [9.17, 15) is 9.59 Å². The first-order valence-corrected chi connectivity index (χ1v) is 11.7. The number of carbonyl (C=O) groups excluding carboxylic acids is 2. The van der Waals surface area contributed by atoms with E-state index in [4.69, 9.17) is 0 Å². The van der Waals surface area contributed by atoms with Crippen molar-refractivity contribution in [3.05, 3.63) is 47.2 Å². The number of fused-ring (bicyclic) bond motifs is 1. The Bertz CT molecular complexity index is 983. The molecule has 1 aromatic rings. The lowest BCUT2D eigenvalue weighted by Crippen LogP contribution is -2.46. The molecule has 3 aliphatic rings. The largest absolute Gasteiger partial charge is 0.357 e. The van der Waals surface area contributed by atoms with Crippen LogP contribution in [0, 0.1) is 16.7 Å². The number of allylic oxidation sites excluding steroid dienone is 3. The third-order valence-corrected chi connectivity index (χ3v) is 7.84. The van der Waals surface area contributed by atoms with Crippen LogP contribution in [0.5, 0.6) is 0 Å². The number of amides is 1. The van der Waals surface area contributed by atoms with Crippen molar-refractivity contribution in [2.45, 2.75) is 79.7 Å². The first kappa shape index (κ1) is 21.9. The number of rotatable bonds is 3. The van der Waals surface area contributed by atoms with Gasteiger partial charge < -0.3 is 10.2 Å². The van der Waals surface area contributed by atoms with E-state index in [0.29, 0.717) is 18.8 Å². The molecule has 1 heterocycles. The molecule has 4 nitrogen and oxygen atoms in total. The molecule has 2 aliphatic carbocycles. The van der Waals surface area contributed by atoms with Crippen LogP contribution in [-0.4, -0.2) is 17.7 Å². The molecule has 0 bridgehead atoms. The predicted molar refractivity (Wildman–Crippen MR) is 127 cm³/mol. The zero-order chi connectivity index (χ0) is 22.6. The summed E-state index contributed by atoms with van der Waals surface area (Å²) in [6.45, 7) is 13.0. The minimum Gasteiger partial charge on any atom is -0.357 e. The highest BCUT2D eigenvalue weighted by atomic mass is 16.2. The van der Waals surface area contributed by atoms with Crippen LogP contribution in [-0.2, 0) is 9.59 Å². The van der Waals surface area contributed by atoms with Gasteiger partial charge in [-0.3, -0.25) is 9.59 Å². The molecule has 1 aliphatic heterocycles. The molecule has 1 aromatic carbocycles. The molecule has 0 unspecified atom stereocenters. The molecule has 0 saturated heterocycles. The molecule has 1 amide bonds. The predicted octanol–water partition coefficient (Wildman–Crippen LogP) is 6.25. The van der Waals surface area contributed by atoms with Gasteiger partial charge in [0.05, 0.1) is 17.4 Å². The first-order chi connectivity index (χ1) is 14.5. The zero-order valence-corrected chi connectivity index (χ0v) is 19.8. The number of anilines is 2. The van der Waals surface area contributed by atoms with Crippen LogP contribution in [0.2, 0.25) is 0 Å². The number of benzene rings is 1. The van der Waals surface area contributed by atoms with Crippen molar-refractivity contribution in [3.8, 4) is 0 Å². The molecule has 0 fully saturated rings. The number of hydrogen-bond donors (Lipinski definition) is 1. The molecule has 0 aromatic heterocycles. The summed E-state index contributed by atoms with van der Waals surface area (Å²) < 4.78 is 0. The monoisotopic (exact) mass is 420 g/mol. The van der Waals surface area contributed by atoms with Crippen LogP contribution in [0.15, 0.2) is 47.2 Å². The number of para-hydroxylation sites is 2. The summed E-state index contributed by atoms with van der Waals surface area (Å²) in [6, 6.07) is 7.78. The Morgan fingerprint density at radius 2 is 1.87 bits per heavy atom. The molecule has 2 atom stereocenters. The Morgan fingerprint density at radius 1 is 1.16 bits per heavy atom. The first-order valence-electron chi connectivity index (χ1n) is 11.7. The van der Waals surface area contributed by atoms with Crippen molar-refractivity contribution < 1.29 is 9.59 Å². The van der Waals surface area contributed by atoms with Gasteiger partial charge in [-0.2, -0.15) is 0 Å². The number of nitrogens with zero attached hydrogens (tertiary/aromatic N) is 1. The number of nitrogens with one attached hydrogen (secondary N) is 1. The Balaban J connectivity index is 1.87. The SMILES string of the molecule is CCC(=O)N1c2ccccc2NC2=C(C(=O)CC(C)(C)C2)[C@H]1C[C@@H]1CC=C(C)C1(C)C. The molecule has 1 N–H and O–H groups in total. The van der Waals surface area contributed by atoms with Crippen LogP contribution in [0.25, 0.3) is 0 Å². The second-order valence-corrected chi connectivity index (χ2v) is 10.9. The maximum atomic E-state index is 13.6. The van der Waals surface area contributed by atoms with Crippen molar-refractivity contribution in [2.24, 2.45) is 16.7 Å². The van der Waals surface area contributed by atoms with Crippen molar-refractivity contribution in [1.29, 1.82) is 0 Å².